The molecule has 7 nitrogen and oxygen atoms in total. The van der Waals surface area contributed by atoms with Crippen LogP contribution >= 0.6 is 11.8 Å². The molecular weight excluding hydrogens is 434 g/mol. The number of nitrogens with one attached hydrogen (secondary N) is 2. The lowest BCUT2D eigenvalue weighted by molar-refractivity contribution is -0.117. The number of imide groups is 1. The highest BCUT2D eigenvalue weighted by Crippen LogP contribution is 2.30. The average molecular weight is 466 g/mol. The zero-order valence-corrected chi connectivity index (χ0v) is 20.8. The van der Waals surface area contributed by atoms with E-state index in [2.05, 4.69) is 53.7 Å². The summed E-state index contributed by atoms with van der Waals surface area (Å²) in [4.78, 5) is 24.3. The van der Waals surface area contributed by atoms with Crippen molar-refractivity contribution in [1.82, 2.24) is 25.4 Å². The lowest BCUT2D eigenvalue weighted by Crippen LogP contribution is -2.48. The van der Waals surface area contributed by atoms with Gasteiger partial charge in [-0.25, -0.2) is 4.79 Å². The van der Waals surface area contributed by atoms with Crippen molar-refractivity contribution in [3.8, 4) is 17.1 Å². The minimum atomic E-state index is -0.516. The fourth-order valence-corrected chi connectivity index (χ4v) is 3.90. The van der Waals surface area contributed by atoms with Gasteiger partial charge < -0.3 is 5.32 Å². The Labute approximate surface area is 199 Å². The molecule has 0 bridgehead atoms. The third kappa shape index (κ3) is 6.68. The lowest BCUT2D eigenvalue weighted by Gasteiger charge is -2.20. The molecule has 0 aliphatic carbocycles. The van der Waals surface area contributed by atoms with E-state index in [1.165, 1.54) is 17.3 Å². The van der Waals surface area contributed by atoms with Gasteiger partial charge in [-0.15, -0.1) is 10.2 Å². The first kappa shape index (κ1) is 24.5. The predicted molar refractivity (Wildman–Crippen MR) is 133 cm³/mol. The molecule has 0 saturated heterocycles. The summed E-state index contributed by atoms with van der Waals surface area (Å²) in [5.74, 6) is 0.321. The largest absolute Gasteiger partial charge is 0.333 e. The summed E-state index contributed by atoms with van der Waals surface area (Å²) in [5, 5.41) is 14.4. The van der Waals surface area contributed by atoms with E-state index in [0.717, 1.165) is 11.3 Å². The molecular formula is C25H31N5O2S. The van der Waals surface area contributed by atoms with Crippen molar-refractivity contribution in [2.75, 3.05) is 5.75 Å². The first-order valence-corrected chi connectivity index (χ1v) is 11.8. The van der Waals surface area contributed by atoms with Crippen molar-refractivity contribution in [3.63, 3.8) is 0 Å². The molecule has 0 aliphatic rings. The number of amides is 3. The maximum Gasteiger partial charge on any atom is 0.321 e. The molecule has 0 radical (unpaired) electrons. The number of aromatic nitrogens is 3. The number of hydrogen-bond donors (Lipinski definition) is 2. The number of para-hydroxylation sites is 1. The van der Waals surface area contributed by atoms with Gasteiger partial charge in [0.25, 0.3) is 0 Å². The maximum atomic E-state index is 12.3. The van der Waals surface area contributed by atoms with Crippen LogP contribution in [0.4, 0.5) is 4.79 Å². The first-order chi connectivity index (χ1) is 15.4. The van der Waals surface area contributed by atoms with E-state index in [9.17, 15) is 9.59 Å². The molecule has 1 heterocycles. The van der Waals surface area contributed by atoms with Crippen LogP contribution in [0, 0.1) is 0 Å². The second-order valence-electron chi connectivity index (χ2n) is 9.85. The summed E-state index contributed by atoms with van der Waals surface area (Å²) >= 11 is 1.23. The number of nitrogens with zero attached hydrogens (tertiary/aromatic N) is 3. The molecule has 0 saturated carbocycles. The van der Waals surface area contributed by atoms with Gasteiger partial charge in [-0.1, -0.05) is 75.0 Å². The van der Waals surface area contributed by atoms with Gasteiger partial charge in [0.05, 0.1) is 5.75 Å². The molecule has 33 heavy (non-hydrogen) atoms. The molecule has 8 heteroatoms. The molecule has 0 unspecified atom stereocenters. The number of benzene rings is 2. The van der Waals surface area contributed by atoms with Gasteiger partial charge in [-0.2, -0.15) is 0 Å². The van der Waals surface area contributed by atoms with Crippen LogP contribution in [-0.2, 0) is 10.2 Å². The minimum Gasteiger partial charge on any atom is -0.333 e. The van der Waals surface area contributed by atoms with Gasteiger partial charge in [0, 0.05) is 16.8 Å². The number of rotatable bonds is 5. The molecule has 2 N–H and O–H groups in total. The molecule has 1 aromatic heterocycles. The van der Waals surface area contributed by atoms with Gasteiger partial charge in [0.15, 0.2) is 11.0 Å². The molecule has 3 amide bonds. The van der Waals surface area contributed by atoms with Crippen molar-refractivity contribution in [2.45, 2.75) is 57.7 Å². The topological polar surface area (TPSA) is 88.9 Å². The number of thioether (sulfide) groups is 1. The van der Waals surface area contributed by atoms with Gasteiger partial charge in [0.1, 0.15) is 0 Å². The first-order valence-electron chi connectivity index (χ1n) is 10.8. The third-order valence-corrected chi connectivity index (χ3v) is 5.66. The molecule has 0 fully saturated rings. The average Bonchev–Trinajstić information content (AvgIpc) is 3.15. The summed E-state index contributed by atoms with van der Waals surface area (Å²) < 4.78 is 1.93. The monoisotopic (exact) mass is 465 g/mol. The Morgan fingerprint density at radius 2 is 1.55 bits per heavy atom. The van der Waals surface area contributed by atoms with Crippen LogP contribution in [-0.4, -0.2) is 38.0 Å². The van der Waals surface area contributed by atoms with Gasteiger partial charge >= 0.3 is 6.03 Å². The number of carbonyl (C=O) groups excluding carboxylic acids is 2. The summed E-state index contributed by atoms with van der Waals surface area (Å²) in [6, 6.07) is 17.6. The molecule has 2 aromatic carbocycles. The summed E-state index contributed by atoms with van der Waals surface area (Å²) in [5.41, 5.74) is 2.68. The molecule has 0 atom stereocenters. The smallest absolute Gasteiger partial charge is 0.321 e. The second kappa shape index (κ2) is 9.79. The standard InChI is InChI=1S/C25H31N5O2S/c1-24(2,3)18-14-12-17(13-15-18)21-28-29-23(30(21)19-10-8-7-9-11-19)33-16-20(31)26-22(32)27-25(4,5)6/h7-15H,16H2,1-6H3,(H2,26,27,31,32). The Bertz CT molecular complexity index is 1110. The van der Waals surface area contributed by atoms with Crippen LogP contribution in [0.1, 0.15) is 47.1 Å². The molecule has 0 aliphatic heterocycles. The third-order valence-electron chi connectivity index (χ3n) is 4.73. The molecule has 3 rings (SSSR count). The van der Waals surface area contributed by atoms with Crippen LogP contribution in [0.3, 0.4) is 0 Å². The zero-order valence-electron chi connectivity index (χ0n) is 20.0. The highest BCUT2D eigenvalue weighted by molar-refractivity contribution is 7.99. The second-order valence-corrected chi connectivity index (χ2v) is 10.8. The van der Waals surface area contributed by atoms with E-state index >= 15 is 0 Å². The van der Waals surface area contributed by atoms with E-state index in [1.54, 1.807) is 0 Å². The molecule has 3 aromatic rings. The van der Waals surface area contributed by atoms with Crippen molar-refractivity contribution >= 4 is 23.7 Å². The van der Waals surface area contributed by atoms with Crippen LogP contribution in [0.25, 0.3) is 17.1 Å². The molecule has 174 valence electrons. The lowest BCUT2D eigenvalue weighted by atomic mass is 9.87. The van der Waals surface area contributed by atoms with Crippen molar-refractivity contribution in [2.24, 2.45) is 0 Å². The van der Waals surface area contributed by atoms with Crippen LogP contribution in [0.5, 0.6) is 0 Å². The summed E-state index contributed by atoms with van der Waals surface area (Å²) in [7, 11) is 0. The SMILES string of the molecule is CC(C)(C)NC(=O)NC(=O)CSc1nnc(-c2ccc(C(C)(C)C)cc2)n1-c1ccccc1. The quantitative estimate of drug-likeness (QED) is 0.521. The van der Waals surface area contributed by atoms with Gasteiger partial charge in [0.2, 0.25) is 5.91 Å². The van der Waals surface area contributed by atoms with Crippen molar-refractivity contribution < 1.29 is 9.59 Å². The van der Waals surface area contributed by atoms with E-state index in [0.29, 0.717) is 11.0 Å². The number of urea groups is 1. The fraction of sp³-hybridized carbons (Fsp3) is 0.360. The van der Waals surface area contributed by atoms with Crippen molar-refractivity contribution in [1.29, 1.82) is 0 Å². The van der Waals surface area contributed by atoms with Crippen LogP contribution < -0.4 is 10.6 Å². The number of carbonyl (C=O) groups is 2. The summed E-state index contributed by atoms with van der Waals surface area (Å²) in [6.07, 6.45) is 0. The van der Waals surface area contributed by atoms with E-state index < -0.39 is 17.5 Å². The van der Waals surface area contributed by atoms with Gasteiger partial charge in [-0.3, -0.25) is 14.7 Å². The van der Waals surface area contributed by atoms with Crippen LogP contribution in [0.15, 0.2) is 59.8 Å². The van der Waals surface area contributed by atoms with E-state index in [1.807, 2.05) is 67.8 Å². The van der Waals surface area contributed by atoms with Crippen molar-refractivity contribution in [3.05, 3.63) is 60.2 Å². The molecule has 0 spiro atoms. The normalized spacial score (nSPS) is 11.8. The van der Waals surface area contributed by atoms with Gasteiger partial charge in [-0.05, 0) is 43.9 Å². The maximum absolute atomic E-state index is 12.3. The van der Waals surface area contributed by atoms with E-state index in [4.69, 9.17) is 0 Å². The minimum absolute atomic E-state index is 0.0332. The Kier molecular flexibility index (Phi) is 7.27. The Hall–Kier alpha value is -3.13. The van der Waals surface area contributed by atoms with Crippen LogP contribution in [0.2, 0.25) is 0 Å². The Balaban J connectivity index is 1.84. The Morgan fingerprint density at radius 1 is 0.909 bits per heavy atom. The fourth-order valence-electron chi connectivity index (χ4n) is 3.14. The number of hydrogen-bond acceptors (Lipinski definition) is 5. The predicted octanol–water partition coefficient (Wildman–Crippen LogP) is 4.95. The zero-order chi connectivity index (χ0) is 24.2. The highest BCUT2D eigenvalue weighted by Gasteiger charge is 2.20. The van der Waals surface area contributed by atoms with E-state index in [-0.39, 0.29) is 11.2 Å². The highest BCUT2D eigenvalue weighted by atomic mass is 32.2. The Morgan fingerprint density at radius 3 is 2.12 bits per heavy atom. The summed E-state index contributed by atoms with van der Waals surface area (Å²) in [6.45, 7) is 12.1.